The van der Waals surface area contributed by atoms with Gasteiger partial charge >= 0.3 is 0 Å². The van der Waals surface area contributed by atoms with Crippen LogP contribution in [-0.4, -0.2) is 20.3 Å². The molecular weight excluding hydrogens is 118 g/mol. The minimum atomic E-state index is 0.495. The van der Waals surface area contributed by atoms with Crippen LogP contribution in [0.1, 0.15) is 0 Å². The summed E-state index contributed by atoms with van der Waals surface area (Å²) in [6, 6.07) is 1.80. The van der Waals surface area contributed by atoms with Gasteiger partial charge in [-0.05, 0) is 0 Å². The van der Waals surface area contributed by atoms with Crippen LogP contribution in [0.15, 0.2) is 12.3 Å². The Morgan fingerprint density at radius 1 is 1.56 bits per heavy atom. The largest absolute Gasteiger partial charge is 0.498 e. The van der Waals surface area contributed by atoms with Crippen LogP contribution in [0.3, 0.4) is 0 Å². The highest BCUT2D eigenvalue weighted by atomic mass is 16.5. The van der Waals surface area contributed by atoms with Crippen molar-refractivity contribution in [3.05, 3.63) is 12.3 Å². The zero-order valence-electron chi connectivity index (χ0n) is 5.33. The van der Waals surface area contributed by atoms with Crippen LogP contribution in [0.5, 0.6) is 0 Å². The first kappa shape index (κ1) is 7.99. The van der Waals surface area contributed by atoms with Gasteiger partial charge < -0.3 is 9.47 Å². The summed E-state index contributed by atoms with van der Waals surface area (Å²) in [5, 5.41) is 7.97. The van der Waals surface area contributed by atoms with E-state index in [0.717, 1.165) is 0 Å². The van der Waals surface area contributed by atoms with Crippen molar-refractivity contribution in [2.45, 2.75) is 0 Å². The second-order valence-corrected chi connectivity index (χ2v) is 1.30. The molecule has 0 amide bonds. The zero-order valence-corrected chi connectivity index (χ0v) is 5.33. The van der Waals surface area contributed by atoms with E-state index in [4.69, 9.17) is 10.00 Å². The molecular formula is C6H9NO2. The van der Waals surface area contributed by atoms with Gasteiger partial charge in [0.15, 0.2) is 0 Å². The lowest BCUT2D eigenvalue weighted by Crippen LogP contribution is -1.96. The summed E-state index contributed by atoms with van der Waals surface area (Å²) < 4.78 is 9.47. The molecule has 0 aliphatic heterocycles. The fraction of sp³-hybridized carbons (Fsp3) is 0.500. The first-order valence-corrected chi connectivity index (χ1v) is 2.57. The summed E-state index contributed by atoms with van der Waals surface area (Å²) in [4.78, 5) is 0. The standard InChI is InChI=1S/C6H9NO2/c1-8-5-6-9-4-2-3-7/h2,4H,5-6H2,1H3. The lowest BCUT2D eigenvalue weighted by molar-refractivity contribution is 0.123. The van der Waals surface area contributed by atoms with E-state index in [-0.39, 0.29) is 0 Å². The van der Waals surface area contributed by atoms with Gasteiger partial charge in [0.25, 0.3) is 0 Å². The second-order valence-electron chi connectivity index (χ2n) is 1.30. The van der Waals surface area contributed by atoms with Crippen molar-refractivity contribution < 1.29 is 9.47 Å². The Hall–Kier alpha value is -1.01. The molecule has 0 aliphatic rings. The molecule has 9 heavy (non-hydrogen) atoms. The third kappa shape index (κ3) is 6.99. The van der Waals surface area contributed by atoms with E-state index in [0.29, 0.717) is 13.2 Å². The molecule has 0 N–H and O–H groups in total. The highest BCUT2D eigenvalue weighted by Crippen LogP contribution is 1.76. The Bertz CT molecular complexity index is 115. The Balaban J connectivity index is 2.93. The van der Waals surface area contributed by atoms with Gasteiger partial charge in [-0.25, -0.2) is 0 Å². The van der Waals surface area contributed by atoms with Gasteiger partial charge in [0, 0.05) is 7.11 Å². The predicted octanol–water partition coefficient (Wildman–Crippen LogP) is 0.687. The Morgan fingerprint density at radius 3 is 2.89 bits per heavy atom. The molecule has 0 aromatic rings. The maximum atomic E-state index is 7.97. The highest BCUT2D eigenvalue weighted by molar-refractivity contribution is 4.97. The molecule has 3 nitrogen and oxygen atoms in total. The van der Waals surface area contributed by atoms with Crippen molar-refractivity contribution in [3.63, 3.8) is 0 Å². The maximum Gasteiger partial charge on any atom is 0.111 e. The number of nitrogens with zero attached hydrogens (tertiary/aromatic N) is 1. The van der Waals surface area contributed by atoms with Crippen LogP contribution in [0.25, 0.3) is 0 Å². The molecule has 0 rings (SSSR count). The van der Waals surface area contributed by atoms with E-state index in [1.807, 2.05) is 0 Å². The van der Waals surface area contributed by atoms with Crippen LogP contribution in [0.2, 0.25) is 0 Å². The van der Waals surface area contributed by atoms with E-state index in [2.05, 4.69) is 4.74 Å². The number of allylic oxidation sites excluding steroid dienone is 1. The van der Waals surface area contributed by atoms with E-state index in [1.165, 1.54) is 12.3 Å². The smallest absolute Gasteiger partial charge is 0.111 e. The van der Waals surface area contributed by atoms with E-state index < -0.39 is 0 Å². The number of hydrogen-bond acceptors (Lipinski definition) is 3. The van der Waals surface area contributed by atoms with Crippen LogP contribution in [0.4, 0.5) is 0 Å². The fourth-order valence-electron chi connectivity index (χ4n) is 0.278. The average molecular weight is 127 g/mol. The molecule has 0 saturated carbocycles. The Labute approximate surface area is 54.5 Å². The van der Waals surface area contributed by atoms with Crippen molar-refractivity contribution in [1.82, 2.24) is 0 Å². The molecule has 0 unspecified atom stereocenters. The first-order valence-electron chi connectivity index (χ1n) is 2.57. The van der Waals surface area contributed by atoms with E-state index >= 15 is 0 Å². The molecule has 0 saturated heterocycles. The molecule has 0 aromatic heterocycles. The lowest BCUT2D eigenvalue weighted by atomic mass is 10.7. The summed E-state index contributed by atoms with van der Waals surface area (Å²) >= 11 is 0. The normalized spacial score (nSPS) is 9.33. The lowest BCUT2D eigenvalue weighted by Gasteiger charge is -1.95. The van der Waals surface area contributed by atoms with Gasteiger partial charge in [-0.1, -0.05) is 0 Å². The minimum absolute atomic E-state index is 0.495. The maximum absolute atomic E-state index is 7.97. The number of rotatable bonds is 4. The second kappa shape index (κ2) is 6.99. The minimum Gasteiger partial charge on any atom is -0.498 e. The number of ether oxygens (including phenoxy) is 2. The van der Waals surface area contributed by atoms with Gasteiger partial charge in [-0.15, -0.1) is 0 Å². The zero-order chi connectivity index (χ0) is 6.95. The van der Waals surface area contributed by atoms with Gasteiger partial charge in [0.1, 0.15) is 6.61 Å². The van der Waals surface area contributed by atoms with Gasteiger partial charge in [-0.2, -0.15) is 5.26 Å². The molecule has 50 valence electrons. The number of hydrogen-bond donors (Lipinski definition) is 0. The van der Waals surface area contributed by atoms with Crippen molar-refractivity contribution in [3.8, 4) is 6.07 Å². The fourth-order valence-corrected chi connectivity index (χ4v) is 0.278. The Morgan fingerprint density at radius 2 is 2.33 bits per heavy atom. The number of methoxy groups -OCH3 is 1. The molecule has 0 fully saturated rings. The van der Waals surface area contributed by atoms with Crippen molar-refractivity contribution >= 4 is 0 Å². The highest BCUT2D eigenvalue weighted by Gasteiger charge is 1.77. The molecule has 3 heteroatoms. The summed E-state index contributed by atoms with van der Waals surface area (Å²) in [6.07, 6.45) is 2.62. The quantitative estimate of drug-likeness (QED) is 0.317. The van der Waals surface area contributed by atoms with Gasteiger partial charge in [-0.3, -0.25) is 0 Å². The third-order valence-corrected chi connectivity index (χ3v) is 0.644. The molecule has 0 aromatic carbocycles. The SMILES string of the molecule is COCCOC=CC#N. The first-order chi connectivity index (χ1) is 4.41. The third-order valence-electron chi connectivity index (χ3n) is 0.644. The van der Waals surface area contributed by atoms with Crippen LogP contribution >= 0.6 is 0 Å². The summed E-state index contributed by atoms with van der Waals surface area (Å²) in [7, 11) is 1.59. The van der Waals surface area contributed by atoms with Crippen molar-refractivity contribution in [1.29, 1.82) is 5.26 Å². The molecule has 0 heterocycles. The van der Waals surface area contributed by atoms with Crippen molar-refractivity contribution in [2.75, 3.05) is 20.3 Å². The molecule has 0 aliphatic carbocycles. The molecule has 0 spiro atoms. The molecule has 0 bridgehead atoms. The van der Waals surface area contributed by atoms with Crippen molar-refractivity contribution in [2.24, 2.45) is 0 Å². The van der Waals surface area contributed by atoms with Gasteiger partial charge in [0.2, 0.25) is 0 Å². The summed E-state index contributed by atoms with van der Waals surface area (Å²) in [6.45, 7) is 1.05. The average Bonchev–Trinajstić information content (AvgIpc) is 1.89. The van der Waals surface area contributed by atoms with E-state index in [1.54, 1.807) is 13.2 Å². The topological polar surface area (TPSA) is 42.2 Å². The van der Waals surface area contributed by atoms with Crippen LogP contribution in [-0.2, 0) is 9.47 Å². The predicted molar refractivity (Wildman–Crippen MR) is 32.6 cm³/mol. The summed E-state index contributed by atoms with van der Waals surface area (Å²) in [5.74, 6) is 0. The summed E-state index contributed by atoms with van der Waals surface area (Å²) in [5.41, 5.74) is 0. The van der Waals surface area contributed by atoms with E-state index in [9.17, 15) is 0 Å². The van der Waals surface area contributed by atoms with Gasteiger partial charge in [0.05, 0.1) is 25.0 Å². The molecule has 0 atom stereocenters. The monoisotopic (exact) mass is 127 g/mol. The van der Waals surface area contributed by atoms with Crippen LogP contribution < -0.4 is 0 Å². The molecule has 0 radical (unpaired) electrons. The number of nitriles is 1. The van der Waals surface area contributed by atoms with Crippen LogP contribution in [0, 0.1) is 11.3 Å². The Kier molecular flexibility index (Phi) is 6.21.